The van der Waals surface area contributed by atoms with E-state index in [9.17, 15) is 4.79 Å². The van der Waals surface area contributed by atoms with Gasteiger partial charge in [0.15, 0.2) is 0 Å². The summed E-state index contributed by atoms with van der Waals surface area (Å²) in [5, 5.41) is 5.92. The van der Waals surface area contributed by atoms with Crippen LogP contribution in [0.4, 0.5) is 17.3 Å². The van der Waals surface area contributed by atoms with Crippen molar-refractivity contribution in [3.05, 3.63) is 84.8 Å². The first-order valence-electron chi connectivity index (χ1n) is 8.61. The van der Waals surface area contributed by atoms with Crippen LogP contribution in [-0.2, 0) is 0 Å². The monoisotopic (exact) mass is 371 g/mol. The molecule has 0 atom stereocenters. The van der Waals surface area contributed by atoms with E-state index >= 15 is 0 Å². The lowest BCUT2D eigenvalue weighted by Gasteiger charge is -2.09. The molecule has 8 heteroatoms. The van der Waals surface area contributed by atoms with Crippen LogP contribution in [0.25, 0.3) is 5.82 Å². The minimum Gasteiger partial charge on any atom is -0.324 e. The van der Waals surface area contributed by atoms with Gasteiger partial charge < -0.3 is 10.6 Å². The van der Waals surface area contributed by atoms with Crippen LogP contribution >= 0.6 is 0 Å². The lowest BCUT2D eigenvalue weighted by molar-refractivity contribution is 0.102. The molecule has 1 amide bonds. The average Bonchev–Trinajstić information content (AvgIpc) is 3.15. The zero-order valence-corrected chi connectivity index (χ0v) is 15.1. The second kappa shape index (κ2) is 7.67. The second-order valence-electron chi connectivity index (χ2n) is 5.98. The fourth-order valence-electron chi connectivity index (χ4n) is 2.66. The maximum Gasteiger partial charge on any atom is 0.255 e. The largest absolute Gasteiger partial charge is 0.324 e. The highest BCUT2D eigenvalue weighted by Gasteiger charge is 2.09. The van der Waals surface area contributed by atoms with Crippen LogP contribution in [0, 0.1) is 6.92 Å². The van der Waals surface area contributed by atoms with Crippen molar-refractivity contribution in [2.24, 2.45) is 0 Å². The summed E-state index contributed by atoms with van der Waals surface area (Å²) in [6, 6.07) is 12.5. The first kappa shape index (κ1) is 17.3. The number of benzene rings is 1. The molecular formula is C20H17N7O. The number of aryl methyl sites for hydroxylation is 1. The third-order valence-corrected chi connectivity index (χ3v) is 4.02. The van der Waals surface area contributed by atoms with Gasteiger partial charge in [-0.25, -0.2) is 19.9 Å². The van der Waals surface area contributed by atoms with Crippen LogP contribution < -0.4 is 10.6 Å². The Morgan fingerprint density at radius 2 is 1.79 bits per heavy atom. The molecule has 0 spiro atoms. The molecule has 4 rings (SSSR count). The Hall–Kier alpha value is -4.07. The minimum atomic E-state index is -0.231. The Morgan fingerprint density at radius 1 is 0.929 bits per heavy atom. The molecule has 0 saturated carbocycles. The zero-order valence-electron chi connectivity index (χ0n) is 15.1. The molecular weight excluding hydrogens is 354 g/mol. The molecule has 1 aromatic carbocycles. The van der Waals surface area contributed by atoms with Crippen molar-refractivity contribution in [2.45, 2.75) is 6.92 Å². The number of carbonyl (C=O) groups excluding carboxylic acids is 1. The minimum absolute atomic E-state index is 0.231. The van der Waals surface area contributed by atoms with Crippen molar-refractivity contribution in [1.82, 2.24) is 24.5 Å². The van der Waals surface area contributed by atoms with Crippen LogP contribution in [0.15, 0.2) is 73.4 Å². The van der Waals surface area contributed by atoms with E-state index in [-0.39, 0.29) is 5.91 Å². The van der Waals surface area contributed by atoms with E-state index in [4.69, 9.17) is 0 Å². The second-order valence-corrected chi connectivity index (χ2v) is 5.98. The molecule has 0 fully saturated rings. The van der Waals surface area contributed by atoms with Crippen LogP contribution in [0.2, 0.25) is 0 Å². The normalized spacial score (nSPS) is 10.5. The molecule has 3 aromatic heterocycles. The highest BCUT2D eigenvalue weighted by Crippen LogP contribution is 2.17. The summed E-state index contributed by atoms with van der Waals surface area (Å²) < 4.78 is 1.87. The highest BCUT2D eigenvalue weighted by molar-refractivity contribution is 6.04. The van der Waals surface area contributed by atoms with E-state index in [1.165, 1.54) is 0 Å². The third kappa shape index (κ3) is 3.85. The van der Waals surface area contributed by atoms with Crippen molar-refractivity contribution >= 4 is 23.2 Å². The van der Waals surface area contributed by atoms with Gasteiger partial charge in [-0.3, -0.25) is 9.36 Å². The van der Waals surface area contributed by atoms with E-state index in [0.717, 1.165) is 17.3 Å². The molecule has 0 aliphatic heterocycles. The van der Waals surface area contributed by atoms with Gasteiger partial charge in [0.25, 0.3) is 5.91 Å². The summed E-state index contributed by atoms with van der Waals surface area (Å²) in [6.07, 6.45) is 8.47. The van der Waals surface area contributed by atoms with Gasteiger partial charge in [-0.05, 0) is 43.3 Å². The van der Waals surface area contributed by atoms with E-state index in [1.807, 2.05) is 29.8 Å². The lowest BCUT2D eigenvalue weighted by atomic mass is 10.2. The number of imidazole rings is 1. The van der Waals surface area contributed by atoms with Crippen molar-refractivity contribution in [3.8, 4) is 5.82 Å². The Kier molecular flexibility index (Phi) is 4.75. The van der Waals surface area contributed by atoms with Gasteiger partial charge in [-0.15, -0.1) is 0 Å². The molecule has 0 aliphatic rings. The molecule has 28 heavy (non-hydrogen) atoms. The third-order valence-electron chi connectivity index (χ3n) is 4.02. The molecule has 138 valence electrons. The summed E-state index contributed by atoms with van der Waals surface area (Å²) >= 11 is 0. The van der Waals surface area contributed by atoms with Gasteiger partial charge in [-0.1, -0.05) is 6.07 Å². The van der Waals surface area contributed by atoms with Crippen LogP contribution in [-0.4, -0.2) is 30.4 Å². The maximum atomic E-state index is 12.6. The first-order chi connectivity index (χ1) is 13.7. The van der Waals surface area contributed by atoms with E-state index in [0.29, 0.717) is 17.2 Å². The van der Waals surface area contributed by atoms with Gasteiger partial charge in [0, 0.05) is 36.0 Å². The number of hydrogen-bond acceptors (Lipinski definition) is 6. The van der Waals surface area contributed by atoms with Crippen LogP contribution in [0.5, 0.6) is 0 Å². The molecule has 8 nitrogen and oxygen atoms in total. The molecule has 0 aliphatic carbocycles. The standard InChI is InChI=1S/C20H17N7O/c1-14-21-10-11-27(14)18-7-6-17(13-24-18)25-19(28)15-4-2-5-16(12-15)26-20-22-8-3-9-23-20/h2-13H,1H3,(H,25,28)(H,22,23,26). The van der Waals surface area contributed by atoms with Crippen LogP contribution in [0.1, 0.15) is 16.2 Å². The molecule has 4 aromatic rings. The maximum absolute atomic E-state index is 12.6. The number of anilines is 3. The number of aromatic nitrogens is 5. The topological polar surface area (TPSA) is 97.6 Å². The van der Waals surface area contributed by atoms with Gasteiger partial charge in [-0.2, -0.15) is 0 Å². The van der Waals surface area contributed by atoms with E-state index in [2.05, 4.69) is 30.6 Å². The Bertz CT molecular complexity index is 1090. The number of pyridine rings is 1. The number of nitrogens with one attached hydrogen (secondary N) is 2. The summed E-state index contributed by atoms with van der Waals surface area (Å²) in [4.78, 5) is 29.4. The summed E-state index contributed by atoms with van der Waals surface area (Å²) in [5.41, 5.74) is 1.84. The fraction of sp³-hybridized carbons (Fsp3) is 0.0500. The predicted molar refractivity (Wildman–Crippen MR) is 106 cm³/mol. The number of amides is 1. The average molecular weight is 371 g/mol. The molecule has 0 bridgehead atoms. The van der Waals surface area contributed by atoms with Gasteiger partial charge >= 0.3 is 0 Å². The number of rotatable bonds is 5. The Balaban J connectivity index is 1.46. The number of hydrogen-bond donors (Lipinski definition) is 2. The number of nitrogens with zero attached hydrogens (tertiary/aromatic N) is 5. The van der Waals surface area contributed by atoms with Crippen molar-refractivity contribution in [3.63, 3.8) is 0 Å². The molecule has 0 unspecified atom stereocenters. The summed E-state index contributed by atoms with van der Waals surface area (Å²) in [7, 11) is 0. The zero-order chi connectivity index (χ0) is 19.3. The number of carbonyl (C=O) groups is 1. The molecule has 2 N–H and O–H groups in total. The van der Waals surface area contributed by atoms with E-state index < -0.39 is 0 Å². The van der Waals surface area contributed by atoms with Crippen LogP contribution in [0.3, 0.4) is 0 Å². The Morgan fingerprint density at radius 3 is 2.50 bits per heavy atom. The highest BCUT2D eigenvalue weighted by atomic mass is 16.1. The predicted octanol–water partition coefficient (Wildman–Crippen LogP) is 3.36. The van der Waals surface area contributed by atoms with Crippen molar-refractivity contribution in [2.75, 3.05) is 10.6 Å². The smallest absolute Gasteiger partial charge is 0.255 e. The van der Waals surface area contributed by atoms with Gasteiger partial charge in [0.1, 0.15) is 11.6 Å². The quantitative estimate of drug-likeness (QED) is 0.558. The summed E-state index contributed by atoms with van der Waals surface area (Å²) in [6.45, 7) is 1.90. The molecule has 3 heterocycles. The Labute approximate surface area is 161 Å². The molecule has 0 radical (unpaired) electrons. The van der Waals surface area contributed by atoms with Gasteiger partial charge in [0.2, 0.25) is 5.95 Å². The molecule has 0 saturated heterocycles. The summed E-state index contributed by atoms with van der Waals surface area (Å²) in [5.74, 6) is 1.82. The van der Waals surface area contributed by atoms with Crippen molar-refractivity contribution in [1.29, 1.82) is 0 Å². The fourth-order valence-corrected chi connectivity index (χ4v) is 2.66. The van der Waals surface area contributed by atoms with Crippen molar-refractivity contribution < 1.29 is 4.79 Å². The first-order valence-corrected chi connectivity index (χ1v) is 8.61. The SMILES string of the molecule is Cc1nccn1-c1ccc(NC(=O)c2cccc(Nc3ncccn3)c2)cn1. The van der Waals surface area contributed by atoms with E-state index in [1.54, 1.807) is 55.1 Å². The van der Waals surface area contributed by atoms with Gasteiger partial charge in [0.05, 0.1) is 11.9 Å². The lowest BCUT2D eigenvalue weighted by Crippen LogP contribution is -2.12.